The second-order valence-electron chi connectivity index (χ2n) is 8.22. The minimum atomic E-state index is -0.0573. The summed E-state index contributed by atoms with van der Waals surface area (Å²) in [5, 5.41) is 0. The van der Waals surface area contributed by atoms with E-state index >= 15 is 0 Å². The summed E-state index contributed by atoms with van der Waals surface area (Å²) in [4.78, 5) is 69.6. The third-order valence-electron chi connectivity index (χ3n) is 4.97. The van der Waals surface area contributed by atoms with Crippen molar-refractivity contribution in [3.8, 4) is 0 Å². The van der Waals surface area contributed by atoms with Crippen molar-refractivity contribution in [2.24, 2.45) is 0 Å². The first-order chi connectivity index (χ1) is 19.2. The molecule has 3 fully saturated rings. The van der Waals surface area contributed by atoms with Gasteiger partial charge in [-0.05, 0) is 13.5 Å². The van der Waals surface area contributed by atoms with Gasteiger partial charge in [0.2, 0.25) is 0 Å². The Bertz CT molecular complexity index is 652. The molecule has 17 nitrogen and oxygen atoms in total. The molecule has 0 aromatic heterocycles. The highest BCUT2D eigenvalue weighted by atomic mass is 16.5. The fourth-order valence-electron chi connectivity index (χ4n) is 3.41. The minimum Gasteiger partial charge on any atom is -0.364 e. The highest BCUT2D eigenvalue weighted by Crippen LogP contribution is 2.07. The first-order valence-electron chi connectivity index (χ1n) is 11.8. The van der Waals surface area contributed by atoms with Gasteiger partial charge < -0.3 is 52.9 Å². The Morgan fingerprint density at radius 1 is 0.600 bits per heavy atom. The van der Waals surface area contributed by atoms with Crippen LogP contribution in [0.25, 0.3) is 0 Å². The van der Waals surface area contributed by atoms with Crippen molar-refractivity contribution < 1.29 is 47.7 Å². The molecule has 0 atom stereocenters. The van der Waals surface area contributed by atoms with Crippen LogP contribution in [0.1, 0.15) is 6.42 Å². The molecule has 0 radical (unpaired) electrons. The maximum absolute atomic E-state index is 11.4. The predicted molar refractivity (Wildman–Crippen MR) is 145 cm³/mol. The molecule has 0 saturated carbocycles. The van der Waals surface area contributed by atoms with Gasteiger partial charge in [0, 0.05) is 55.6 Å². The summed E-state index contributed by atoms with van der Waals surface area (Å²) in [6.07, 6.45) is 1.03. The maximum atomic E-state index is 11.4. The monoisotopic (exact) mass is 581 g/mol. The third kappa shape index (κ3) is 15.9. The topological polar surface area (TPSA) is 162 Å². The van der Waals surface area contributed by atoms with Gasteiger partial charge in [-0.25, -0.2) is 14.4 Å². The molecule has 234 valence electrons. The smallest absolute Gasteiger partial charge is 0.325 e. The van der Waals surface area contributed by atoms with Crippen LogP contribution >= 0.6 is 0 Å². The van der Waals surface area contributed by atoms with E-state index in [2.05, 4.69) is 0 Å². The zero-order valence-corrected chi connectivity index (χ0v) is 24.9. The first-order valence-corrected chi connectivity index (χ1v) is 11.8. The van der Waals surface area contributed by atoms with Gasteiger partial charge in [0.05, 0.1) is 13.3 Å². The highest BCUT2D eigenvalue weighted by molar-refractivity contribution is 5.75. The Morgan fingerprint density at radius 2 is 1.05 bits per heavy atom. The van der Waals surface area contributed by atoms with Crippen LogP contribution in [-0.4, -0.2) is 182 Å². The molecule has 3 aliphatic heterocycles. The van der Waals surface area contributed by atoms with Gasteiger partial charge >= 0.3 is 18.1 Å². The molecule has 40 heavy (non-hydrogen) atoms. The van der Waals surface area contributed by atoms with Crippen LogP contribution in [0.5, 0.6) is 0 Å². The van der Waals surface area contributed by atoms with Gasteiger partial charge in [-0.3, -0.25) is 14.7 Å². The molecule has 0 aromatic carbocycles. The number of hydrogen-bond acceptors (Lipinski definition) is 11. The number of carbonyl (C=O) groups excluding carboxylic acids is 6. The number of rotatable bonds is 6. The molecule has 17 heteroatoms. The molecule has 6 amide bonds. The number of hydrogen-bond donors (Lipinski definition) is 0. The van der Waals surface area contributed by atoms with Gasteiger partial charge in [0.25, 0.3) is 0 Å². The van der Waals surface area contributed by atoms with E-state index in [1.54, 1.807) is 55.0 Å². The summed E-state index contributed by atoms with van der Waals surface area (Å²) in [6.45, 7) is 10.7. The fraction of sp³-hybridized carbons (Fsp3) is 0.739. The minimum absolute atomic E-state index is 0.0231. The molecule has 3 rings (SSSR count). The summed E-state index contributed by atoms with van der Waals surface area (Å²) < 4.78 is 19.6. The predicted octanol–water partition coefficient (Wildman–Crippen LogP) is -0.513. The number of methoxy groups -OCH3 is 3. The van der Waals surface area contributed by atoms with Crippen molar-refractivity contribution in [3.05, 3.63) is 0 Å². The van der Waals surface area contributed by atoms with Gasteiger partial charge in [0.1, 0.15) is 54.0 Å². The standard InChI is InChI=1S/C7H15N3O2.C7H14N2O2.C6H12N2O3.3CH2O/c1-8-4-9(2)7(11)10(5-8)6-12-3;1-8-4-3-5-9(6-11-2)7(8)10;1-7-3-11-5-8(4-10-2)6(7)9;3*1-2/h4-6H2,1-3H3;3-6H2,1-2H3;3-5H2,1-2H3;3*1H2. The fourth-order valence-corrected chi connectivity index (χ4v) is 3.41. The van der Waals surface area contributed by atoms with Crippen LogP contribution < -0.4 is 0 Å². The van der Waals surface area contributed by atoms with E-state index in [9.17, 15) is 14.4 Å². The number of ether oxygens (including phenoxy) is 4. The van der Waals surface area contributed by atoms with Crippen molar-refractivity contribution in [2.75, 3.05) is 110 Å². The summed E-state index contributed by atoms with van der Waals surface area (Å²) in [5.74, 6) is 0. The van der Waals surface area contributed by atoms with E-state index in [1.165, 1.54) is 9.80 Å². The Balaban J connectivity index is -0.000000468. The molecule has 0 unspecified atom stereocenters. The molecule has 3 heterocycles. The number of nitrogens with zero attached hydrogens (tertiary/aromatic N) is 7. The van der Waals surface area contributed by atoms with Crippen molar-refractivity contribution in [3.63, 3.8) is 0 Å². The number of carbonyl (C=O) groups is 6. The lowest BCUT2D eigenvalue weighted by Gasteiger charge is -2.38. The Hall–Kier alpha value is -3.38. The van der Waals surface area contributed by atoms with Crippen molar-refractivity contribution in [2.45, 2.75) is 6.42 Å². The highest BCUT2D eigenvalue weighted by Gasteiger charge is 2.25. The molecule has 3 saturated heterocycles. The van der Waals surface area contributed by atoms with E-state index in [1.807, 2.05) is 39.4 Å². The van der Waals surface area contributed by atoms with Gasteiger partial charge in [-0.15, -0.1) is 0 Å². The first kappa shape index (κ1) is 41.1. The van der Waals surface area contributed by atoms with Crippen molar-refractivity contribution in [1.82, 2.24) is 34.3 Å². The Morgan fingerprint density at radius 3 is 1.57 bits per heavy atom. The zero-order valence-electron chi connectivity index (χ0n) is 24.9. The normalized spacial score (nSPS) is 17.0. The van der Waals surface area contributed by atoms with Crippen molar-refractivity contribution >= 4 is 38.5 Å². The van der Waals surface area contributed by atoms with E-state index in [0.717, 1.165) is 19.5 Å². The van der Waals surface area contributed by atoms with Crippen molar-refractivity contribution in [1.29, 1.82) is 0 Å². The van der Waals surface area contributed by atoms with Crippen LogP contribution in [0.15, 0.2) is 0 Å². The molecule has 0 spiro atoms. The van der Waals surface area contributed by atoms with E-state index in [0.29, 0.717) is 40.3 Å². The largest absolute Gasteiger partial charge is 0.364 e. The second kappa shape index (κ2) is 25.9. The van der Waals surface area contributed by atoms with Crippen LogP contribution in [0.4, 0.5) is 14.4 Å². The zero-order chi connectivity index (χ0) is 31.7. The quantitative estimate of drug-likeness (QED) is 0.397. The summed E-state index contributed by atoms with van der Waals surface area (Å²) in [5.41, 5.74) is 0. The second-order valence-corrected chi connectivity index (χ2v) is 8.22. The molecule has 0 aromatic rings. The lowest BCUT2D eigenvalue weighted by molar-refractivity contribution is -0.0987. The lowest BCUT2D eigenvalue weighted by Crippen LogP contribution is -2.55. The lowest BCUT2D eigenvalue weighted by atomic mass is 10.3. The SMILES string of the molecule is C=O.C=O.C=O.COCN1CCCN(C)C1=O.COCN1CN(C)CN(C)C1=O.COCN1COCN(C)C1=O. The molecule has 3 aliphatic rings. The third-order valence-corrected chi connectivity index (χ3v) is 4.97. The Kier molecular flexibility index (Phi) is 26.6. The van der Waals surface area contributed by atoms with E-state index in [-0.39, 0.29) is 24.8 Å². The number of amides is 6. The van der Waals surface area contributed by atoms with Gasteiger partial charge in [-0.1, -0.05) is 0 Å². The maximum Gasteiger partial charge on any atom is 0.325 e. The van der Waals surface area contributed by atoms with Crippen LogP contribution in [0.3, 0.4) is 0 Å². The van der Waals surface area contributed by atoms with E-state index < -0.39 is 0 Å². The molecular formula is C23H47N7O10. The van der Waals surface area contributed by atoms with Gasteiger partial charge in [0.15, 0.2) is 0 Å². The van der Waals surface area contributed by atoms with E-state index in [4.69, 9.17) is 33.3 Å². The Labute approximate surface area is 237 Å². The molecule has 0 N–H and O–H groups in total. The summed E-state index contributed by atoms with van der Waals surface area (Å²) in [6, 6.07) is 0.0335. The average Bonchev–Trinajstić information content (AvgIpc) is 2.96. The summed E-state index contributed by atoms with van der Waals surface area (Å²) >= 11 is 0. The van der Waals surface area contributed by atoms with Crippen LogP contribution in [-0.2, 0) is 33.3 Å². The summed E-state index contributed by atoms with van der Waals surface area (Å²) in [7, 11) is 12.0. The average molecular weight is 582 g/mol. The molecule has 0 aliphatic carbocycles. The molecular weight excluding hydrogens is 534 g/mol. The number of urea groups is 3. The molecule has 0 bridgehead atoms. The van der Waals surface area contributed by atoms with Crippen LogP contribution in [0, 0.1) is 0 Å². The van der Waals surface area contributed by atoms with Gasteiger partial charge in [-0.2, -0.15) is 0 Å². The van der Waals surface area contributed by atoms with Crippen LogP contribution in [0.2, 0.25) is 0 Å².